The fourth-order valence-corrected chi connectivity index (χ4v) is 1.64. The molecule has 4 heteroatoms. The minimum Gasteiger partial charge on any atom is -0.465 e. The number of hydrogen-bond donors (Lipinski definition) is 1. The molecule has 1 atom stereocenters. The van der Waals surface area contributed by atoms with Gasteiger partial charge in [-0.2, -0.15) is 0 Å². The highest BCUT2D eigenvalue weighted by molar-refractivity contribution is 9.09. The number of ether oxygens (including phenoxy) is 1. The standard InChI is InChI=1S/C12H18BrNO2/c1-4-6-9(3)7-10(11(14)8-13)12(15)16-5-2/h4,6,10,14H,3,5,7-8H2,1-2H3. The lowest BCUT2D eigenvalue weighted by Crippen LogP contribution is -2.27. The number of esters is 1. The van der Waals surface area contributed by atoms with E-state index in [1.807, 2.05) is 19.1 Å². The van der Waals surface area contributed by atoms with Crippen molar-refractivity contribution in [2.24, 2.45) is 5.92 Å². The van der Waals surface area contributed by atoms with Crippen molar-refractivity contribution < 1.29 is 9.53 Å². The molecule has 0 rings (SSSR count). The second-order valence-corrected chi connectivity index (χ2v) is 3.89. The van der Waals surface area contributed by atoms with Gasteiger partial charge in [0.1, 0.15) is 0 Å². The minimum absolute atomic E-state index is 0.323. The maximum Gasteiger partial charge on any atom is 0.315 e. The third-order valence-electron chi connectivity index (χ3n) is 2.00. The highest BCUT2D eigenvalue weighted by atomic mass is 79.9. The van der Waals surface area contributed by atoms with Crippen LogP contribution < -0.4 is 0 Å². The van der Waals surface area contributed by atoms with Crippen molar-refractivity contribution in [1.29, 1.82) is 5.41 Å². The Morgan fingerprint density at radius 1 is 1.62 bits per heavy atom. The van der Waals surface area contributed by atoms with Crippen LogP contribution in [0.25, 0.3) is 0 Å². The number of rotatable bonds is 7. The predicted octanol–water partition coefficient (Wildman–Crippen LogP) is 3.10. The molecule has 0 aromatic carbocycles. The van der Waals surface area contributed by atoms with E-state index >= 15 is 0 Å². The van der Waals surface area contributed by atoms with E-state index in [2.05, 4.69) is 22.5 Å². The lowest BCUT2D eigenvalue weighted by molar-refractivity contribution is -0.145. The van der Waals surface area contributed by atoms with Gasteiger partial charge in [0.15, 0.2) is 0 Å². The van der Waals surface area contributed by atoms with E-state index in [1.165, 1.54) is 0 Å². The smallest absolute Gasteiger partial charge is 0.315 e. The molecule has 1 N–H and O–H groups in total. The van der Waals surface area contributed by atoms with Crippen LogP contribution in [0.4, 0.5) is 0 Å². The fourth-order valence-electron chi connectivity index (χ4n) is 1.25. The molecule has 0 saturated carbocycles. The van der Waals surface area contributed by atoms with Crippen LogP contribution in [0.15, 0.2) is 24.3 Å². The topological polar surface area (TPSA) is 50.2 Å². The summed E-state index contributed by atoms with van der Waals surface area (Å²) in [6, 6.07) is 0. The number of alkyl halides is 1. The molecule has 0 aliphatic rings. The largest absolute Gasteiger partial charge is 0.465 e. The first kappa shape index (κ1) is 15.1. The number of halogens is 1. The number of hydrogen-bond acceptors (Lipinski definition) is 3. The quantitative estimate of drug-likeness (QED) is 0.339. The Bertz CT molecular complexity index is 297. The summed E-state index contributed by atoms with van der Waals surface area (Å²) in [5, 5.41) is 8.09. The molecule has 0 aliphatic carbocycles. The van der Waals surface area contributed by atoms with Crippen LogP contribution in [0.1, 0.15) is 20.3 Å². The van der Waals surface area contributed by atoms with Crippen LogP contribution in [-0.2, 0) is 9.53 Å². The van der Waals surface area contributed by atoms with Crippen LogP contribution in [0.5, 0.6) is 0 Å². The zero-order valence-electron chi connectivity index (χ0n) is 9.75. The summed E-state index contributed by atoms with van der Waals surface area (Å²) in [6.07, 6.45) is 4.14. The van der Waals surface area contributed by atoms with Gasteiger partial charge in [0.2, 0.25) is 0 Å². The van der Waals surface area contributed by atoms with Gasteiger partial charge >= 0.3 is 5.97 Å². The average Bonchev–Trinajstić information content (AvgIpc) is 2.25. The number of carbonyl (C=O) groups is 1. The molecule has 90 valence electrons. The van der Waals surface area contributed by atoms with Crippen molar-refractivity contribution in [3.63, 3.8) is 0 Å². The van der Waals surface area contributed by atoms with Crippen molar-refractivity contribution in [1.82, 2.24) is 0 Å². The third-order valence-corrected chi connectivity index (χ3v) is 2.61. The summed E-state index contributed by atoms with van der Waals surface area (Å²) in [5.74, 6) is -0.874. The maximum absolute atomic E-state index is 11.6. The highest BCUT2D eigenvalue weighted by Crippen LogP contribution is 2.16. The molecular weight excluding hydrogens is 270 g/mol. The maximum atomic E-state index is 11.6. The first-order valence-electron chi connectivity index (χ1n) is 5.17. The molecule has 0 spiro atoms. The molecule has 0 fully saturated rings. The van der Waals surface area contributed by atoms with Crippen LogP contribution in [-0.4, -0.2) is 23.6 Å². The lowest BCUT2D eigenvalue weighted by atomic mass is 9.96. The molecule has 0 radical (unpaired) electrons. The van der Waals surface area contributed by atoms with Crippen molar-refractivity contribution in [2.45, 2.75) is 20.3 Å². The summed E-state index contributed by atoms with van der Waals surface area (Å²) in [4.78, 5) is 11.6. The molecule has 0 bridgehead atoms. The molecule has 0 amide bonds. The van der Waals surface area contributed by atoms with Crippen molar-refractivity contribution in [3.8, 4) is 0 Å². The van der Waals surface area contributed by atoms with Crippen LogP contribution >= 0.6 is 15.9 Å². The summed E-state index contributed by atoms with van der Waals surface area (Å²) >= 11 is 3.18. The van der Waals surface area contributed by atoms with Crippen LogP contribution in [0.2, 0.25) is 0 Å². The Morgan fingerprint density at radius 2 is 2.25 bits per heavy atom. The molecular formula is C12H18BrNO2. The molecule has 3 nitrogen and oxygen atoms in total. The summed E-state index contributed by atoms with van der Waals surface area (Å²) < 4.78 is 4.94. The fraction of sp³-hybridized carbons (Fsp3) is 0.500. The van der Waals surface area contributed by atoms with E-state index in [9.17, 15) is 4.79 Å². The molecule has 0 aromatic heterocycles. The van der Waals surface area contributed by atoms with E-state index in [0.717, 1.165) is 5.57 Å². The monoisotopic (exact) mass is 287 g/mol. The third kappa shape index (κ3) is 5.26. The molecule has 0 aliphatic heterocycles. The van der Waals surface area contributed by atoms with Crippen LogP contribution in [0, 0.1) is 11.3 Å². The summed E-state index contributed by atoms with van der Waals surface area (Å²) in [7, 11) is 0. The Morgan fingerprint density at radius 3 is 2.69 bits per heavy atom. The predicted molar refractivity (Wildman–Crippen MR) is 70.2 cm³/mol. The molecule has 1 unspecified atom stereocenters. The molecule has 16 heavy (non-hydrogen) atoms. The minimum atomic E-state index is -0.525. The van der Waals surface area contributed by atoms with Gasteiger partial charge in [-0.05, 0) is 20.3 Å². The normalized spacial score (nSPS) is 12.4. The van der Waals surface area contributed by atoms with Gasteiger partial charge in [-0.1, -0.05) is 40.2 Å². The number of allylic oxidation sites excluding steroid dienone is 3. The molecule has 0 saturated heterocycles. The SMILES string of the molecule is C=C(C=CC)CC(C(=N)CBr)C(=O)OCC. The Kier molecular flexibility index (Phi) is 7.81. The van der Waals surface area contributed by atoms with Gasteiger partial charge in [0.25, 0.3) is 0 Å². The van der Waals surface area contributed by atoms with E-state index in [4.69, 9.17) is 10.1 Å². The second-order valence-electron chi connectivity index (χ2n) is 3.33. The second kappa shape index (κ2) is 8.28. The Hall–Kier alpha value is -0.900. The summed E-state index contributed by atoms with van der Waals surface area (Å²) in [6.45, 7) is 7.82. The van der Waals surface area contributed by atoms with E-state index in [0.29, 0.717) is 24.1 Å². The van der Waals surface area contributed by atoms with Gasteiger partial charge in [-0.15, -0.1) is 0 Å². The van der Waals surface area contributed by atoms with Crippen molar-refractivity contribution >= 4 is 27.6 Å². The number of carbonyl (C=O) groups excluding carboxylic acids is 1. The molecule has 0 aromatic rings. The van der Waals surface area contributed by atoms with Gasteiger partial charge < -0.3 is 10.1 Å². The zero-order chi connectivity index (χ0) is 12.6. The Balaban J connectivity index is 4.61. The van der Waals surface area contributed by atoms with Crippen molar-refractivity contribution in [2.75, 3.05) is 11.9 Å². The summed E-state index contributed by atoms with van der Waals surface area (Å²) in [5.41, 5.74) is 1.15. The first-order chi connectivity index (χ1) is 7.56. The van der Waals surface area contributed by atoms with E-state index in [1.54, 1.807) is 6.92 Å². The first-order valence-corrected chi connectivity index (χ1v) is 6.29. The van der Waals surface area contributed by atoms with Crippen LogP contribution in [0.3, 0.4) is 0 Å². The highest BCUT2D eigenvalue weighted by Gasteiger charge is 2.24. The van der Waals surface area contributed by atoms with Gasteiger partial charge in [0, 0.05) is 11.0 Å². The zero-order valence-corrected chi connectivity index (χ0v) is 11.3. The van der Waals surface area contributed by atoms with Gasteiger partial charge in [0.05, 0.1) is 12.5 Å². The Labute approximate surface area is 105 Å². The van der Waals surface area contributed by atoms with Crippen molar-refractivity contribution in [3.05, 3.63) is 24.3 Å². The van der Waals surface area contributed by atoms with E-state index < -0.39 is 5.92 Å². The molecule has 0 heterocycles. The number of nitrogens with one attached hydrogen (secondary N) is 1. The average molecular weight is 288 g/mol. The van der Waals surface area contributed by atoms with E-state index in [-0.39, 0.29) is 5.97 Å². The lowest BCUT2D eigenvalue weighted by Gasteiger charge is -2.15. The van der Waals surface area contributed by atoms with Gasteiger partial charge in [-0.25, -0.2) is 0 Å². The van der Waals surface area contributed by atoms with Gasteiger partial charge in [-0.3, -0.25) is 4.79 Å².